The van der Waals surface area contributed by atoms with Crippen LogP contribution in [0.5, 0.6) is 0 Å². The lowest BCUT2D eigenvalue weighted by Gasteiger charge is -2.35. The number of unbranched alkanes of at least 4 members (excludes halogenated alkanes) is 1. The summed E-state index contributed by atoms with van der Waals surface area (Å²) in [6.07, 6.45) is 10.7. The molecule has 3 unspecified atom stereocenters. The number of hydrogen-bond acceptors (Lipinski definition) is 6. The van der Waals surface area contributed by atoms with E-state index in [9.17, 15) is 19.5 Å². The van der Waals surface area contributed by atoms with Crippen LogP contribution < -0.4 is 16.0 Å². The third-order valence-electron chi connectivity index (χ3n) is 6.56. The quantitative estimate of drug-likeness (QED) is 0.117. The Morgan fingerprint density at radius 3 is 2.54 bits per heavy atom. The molecular formula is C31H53ClN4O5. The van der Waals surface area contributed by atoms with Gasteiger partial charge in [0.25, 0.3) is 0 Å². The normalized spacial score (nSPS) is 19.0. The summed E-state index contributed by atoms with van der Waals surface area (Å²) in [6, 6.07) is -0.407. The molecule has 3 atom stereocenters. The number of nitrogens with zero attached hydrogens (tertiary/aromatic N) is 1. The highest BCUT2D eigenvalue weighted by atomic mass is 35.5. The van der Waals surface area contributed by atoms with Crippen LogP contribution in [0.3, 0.4) is 0 Å². The highest BCUT2D eigenvalue weighted by molar-refractivity contribution is 6.25. The number of hydrogen-bond donors (Lipinski definition) is 4. The maximum absolute atomic E-state index is 12.8. The van der Waals surface area contributed by atoms with E-state index >= 15 is 0 Å². The molecule has 1 fully saturated rings. The van der Waals surface area contributed by atoms with Crippen LogP contribution in [0.15, 0.2) is 48.0 Å². The minimum Gasteiger partial charge on any atom is -0.507 e. The van der Waals surface area contributed by atoms with Gasteiger partial charge in [-0.15, -0.1) is 6.58 Å². The fourth-order valence-corrected chi connectivity index (χ4v) is 4.70. The summed E-state index contributed by atoms with van der Waals surface area (Å²) >= 11 is 5.58. The summed E-state index contributed by atoms with van der Waals surface area (Å²) in [5.41, 5.74) is 1.37. The standard InChI is InChI=1S/C26H41ClN4O5.C3H6.C2H6/c1-4-6-12-21(18(3)22(32)16-27)30-24(33)17-28-25(34)19-10-9-11-20(15-19)29-23-13-7-8-14-31(23)26(35)36-5-2;1-3-2;1-2/h13,16,19-21,29,32H,3-12,14-15,17H2,1-2H3,(H,28,34)(H,30,33);3H,1H2,2H3;1-2H3/b22-16-;;. The minimum absolute atomic E-state index is 0.0525. The lowest BCUT2D eigenvalue weighted by molar-refractivity contribution is -0.129. The lowest BCUT2D eigenvalue weighted by Crippen LogP contribution is -2.47. The van der Waals surface area contributed by atoms with Crippen LogP contribution in [0, 0.1) is 5.92 Å². The number of amides is 3. The van der Waals surface area contributed by atoms with Gasteiger partial charge >= 0.3 is 6.09 Å². The molecule has 2 aliphatic rings. The zero-order chi connectivity index (χ0) is 31.2. The topological polar surface area (TPSA) is 120 Å². The zero-order valence-corrected chi connectivity index (χ0v) is 26.5. The number of halogens is 1. The van der Waals surface area contributed by atoms with E-state index in [1.807, 2.05) is 33.8 Å². The molecule has 0 aromatic rings. The Bertz CT molecular complexity index is 890. The first-order valence-electron chi connectivity index (χ1n) is 15.0. The Morgan fingerprint density at radius 2 is 1.93 bits per heavy atom. The molecule has 0 spiro atoms. The second kappa shape index (κ2) is 22.7. The van der Waals surface area contributed by atoms with E-state index in [-0.39, 0.29) is 42.2 Å². The van der Waals surface area contributed by atoms with Crippen molar-refractivity contribution in [1.29, 1.82) is 0 Å². The van der Waals surface area contributed by atoms with E-state index in [0.29, 0.717) is 31.6 Å². The Morgan fingerprint density at radius 1 is 1.24 bits per heavy atom. The molecule has 1 saturated carbocycles. The molecule has 234 valence electrons. The van der Waals surface area contributed by atoms with Crippen molar-refractivity contribution in [1.82, 2.24) is 20.9 Å². The summed E-state index contributed by atoms with van der Waals surface area (Å²) in [6.45, 7) is 17.7. The summed E-state index contributed by atoms with van der Waals surface area (Å²) in [7, 11) is 0. The highest BCUT2D eigenvalue weighted by Crippen LogP contribution is 2.26. The summed E-state index contributed by atoms with van der Waals surface area (Å²) in [4.78, 5) is 39.3. The molecule has 9 nitrogen and oxygen atoms in total. The number of carbonyl (C=O) groups is 3. The van der Waals surface area contributed by atoms with E-state index < -0.39 is 6.04 Å². The number of aliphatic hydroxyl groups is 1. The maximum Gasteiger partial charge on any atom is 0.415 e. The van der Waals surface area contributed by atoms with Gasteiger partial charge in [0.2, 0.25) is 11.8 Å². The monoisotopic (exact) mass is 596 g/mol. The molecule has 0 bridgehead atoms. The van der Waals surface area contributed by atoms with Crippen molar-refractivity contribution in [2.75, 3.05) is 19.7 Å². The molecule has 3 amide bonds. The Kier molecular flexibility index (Phi) is 21.1. The molecule has 1 heterocycles. The van der Waals surface area contributed by atoms with E-state index in [4.69, 9.17) is 16.3 Å². The zero-order valence-electron chi connectivity index (χ0n) is 25.8. The fourth-order valence-electron chi connectivity index (χ4n) is 4.56. The molecular weight excluding hydrogens is 544 g/mol. The van der Waals surface area contributed by atoms with Crippen LogP contribution in [0.1, 0.15) is 92.4 Å². The summed E-state index contributed by atoms with van der Waals surface area (Å²) < 4.78 is 5.17. The van der Waals surface area contributed by atoms with E-state index in [2.05, 4.69) is 29.1 Å². The van der Waals surface area contributed by atoms with Gasteiger partial charge in [-0.1, -0.05) is 64.3 Å². The van der Waals surface area contributed by atoms with Crippen molar-refractivity contribution in [3.63, 3.8) is 0 Å². The average Bonchev–Trinajstić information content (AvgIpc) is 2.99. The molecule has 1 aliphatic carbocycles. The molecule has 41 heavy (non-hydrogen) atoms. The maximum atomic E-state index is 12.8. The van der Waals surface area contributed by atoms with Crippen molar-refractivity contribution in [3.05, 3.63) is 48.0 Å². The Hall–Kier alpha value is -2.94. The second-order valence-electron chi connectivity index (χ2n) is 9.69. The summed E-state index contributed by atoms with van der Waals surface area (Å²) in [5.74, 6) is -0.159. The number of nitrogens with one attached hydrogen (secondary N) is 3. The van der Waals surface area contributed by atoms with Gasteiger partial charge in [-0.25, -0.2) is 4.79 Å². The molecule has 0 saturated heterocycles. The Labute approximate surface area is 252 Å². The lowest BCUT2D eigenvalue weighted by atomic mass is 9.85. The van der Waals surface area contributed by atoms with Crippen molar-refractivity contribution in [3.8, 4) is 0 Å². The molecule has 0 aromatic heterocycles. The minimum atomic E-state index is -0.460. The van der Waals surface area contributed by atoms with Crippen molar-refractivity contribution >= 4 is 29.5 Å². The first kappa shape index (κ1) is 38.1. The highest BCUT2D eigenvalue weighted by Gasteiger charge is 2.30. The van der Waals surface area contributed by atoms with Crippen molar-refractivity contribution in [2.24, 2.45) is 5.92 Å². The van der Waals surface area contributed by atoms with Crippen LogP contribution in [-0.2, 0) is 14.3 Å². The van der Waals surface area contributed by atoms with Gasteiger partial charge in [-0.05, 0) is 58.4 Å². The van der Waals surface area contributed by atoms with Crippen LogP contribution in [0.4, 0.5) is 4.79 Å². The average molecular weight is 597 g/mol. The number of rotatable bonds is 12. The van der Waals surface area contributed by atoms with E-state index in [1.165, 1.54) is 0 Å². The molecule has 4 N–H and O–H groups in total. The third kappa shape index (κ3) is 14.5. The largest absolute Gasteiger partial charge is 0.507 e. The molecule has 0 aromatic carbocycles. The van der Waals surface area contributed by atoms with Gasteiger partial charge in [0.1, 0.15) is 11.6 Å². The van der Waals surface area contributed by atoms with Gasteiger partial charge in [-0.3, -0.25) is 14.5 Å². The first-order chi connectivity index (χ1) is 19.7. The molecule has 10 heteroatoms. The Balaban J connectivity index is 0.00000299. The molecule has 0 radical (unpaired) electrons. The van der Waals surface area contributed by atoms with Crippen LogP contribution in [-0.4, -0.2) is 59.7 Å². The number of allylic oxidation sites excluding steroid dienone is 2. The van der Waals surface area contributed by atoms with Gasteiger partial charge in [-0.2, -0.15) is 0 Å². The molecule has 2 rings (SSSR count). The SMILES string of the molecule is C=C(/C(O)=C/Cl)C(CCCC)NC(=O)CNC(=O)C1CCCC(NC2=CCCCN2C(=O)OCC)C1.C=CC.CC. The first-order valence-corrected chi connectivity index (χ1v) is 15.4. The molecule has 1 aliphatic heterocycles. The van der Waals surface area contributed by atoms with Gasteiger partial charge in [0.15, 0.2) is 0 Å². The van der Waals surface area contributed by atoms with E-state index in [0.717, 1.165) is 56.3 Å². The van der Waals surface area contributed by atoms with Crippen molar-refractivity contribution < 1.29 is 24.2 Å². The smallest absolute Gasteiger partial charge is 0.415 e. The van der Waals surface area contributed by atoms with Crippen LogP contribution in [0.2, 0.25) is 0 Å². The second-order valence-corrected chi connectivity index (χ2v) is 9.91. The predicted molar refractivity (Wildman–Crippen MR) is 167 cm³/mol. The van der Waals surface area contributed by atoms with Crippen molar-refractivity contribution in [2.45, 2.75) is 104 Å². The third-order valence-corrected chi connectivity index (χ3v) is 6.76. The van der Waals surface area contributed by atoms with Crippen LogP contribution in [0.25, 0.3) is 0 Å². The number of ether oxygens (including phenoxy) is 1. The fraction of sp³-hybridized carbons (Fsp3) is 0.645. The summed E-state index contributed by atoms with van der Waals surface area (Å²) in [5, 5.41) is 18.9. The van der Waals surface area contributed by atoms with Crippen LogP contribution >= 0.6 is 11.6 Å². The van der Waals surface area contributed by atoms with E-state index in [1.54, 1.807) is 17.9 Å². The van der Waals surface area contributed by atoms with Gasteiger partial charge < -0.3 is 25.8 Å². The van der Waals surface area contributed by atoms with Gasteiger partial charge in [0, 0.05) is 29.6 Å². The number of carbonyl (C=O) groups excluding carboxylic acids is 3. The predicted octanol–water partition coefficient (Wildman–Crippen LogP) is 6.43. The number of aliphatic hydroxyl groups excluding tert-OH is 1. The van der Waals surface area contributed by atoms with Gasteiger partial charge in [0.05, 0.1) is 19.2 Å².